The van der Waals surface area contributed by atoms with Gasteiger partial charge in [0.25, 0.3) is 0 Å². The van der Waals surface area contributed by atoms with E-state index in [0.29, 0.717) is 25.2 Å². The number of amidine groups is 1. The Morgan fingerprint density at radius 1 is 1.12 bits per heavy atom. The van der Waals surface area contributed by atoms with E-state index < -0.39 is 23.7 Å². The number of hydrogen-bond acceptors (Lipinski definition) is 6. The highest BCUT2D eigenvalue weighted by molar-refractivity contribution is 5.95. The van der Waals surface area contributed by atoms with Crippen molar-refractivity contribution in [2.75, 3.05) is 32.0 Å². The number of carboxylic acids is 1. The molecule has 1 unspecified atom stereocenters. The van der Waals surface area contributed by atoms with Crippen molar-refractivity contribution in [1.29, 1.82) is 5.41 Å². The molecule has 0 aliphatic carbocycles. The van der Waals surface area contributed by atoms with Crippen molar-refractivity contribution in [3.63, 3.8) is 0 Å². The van der Waals surface area contributed by atoms with Crippen LogP contribution in [0.5, 0.6) is 0 Å². The summed E-state index contributed by atoms with van der Waals surface area (Å²) in [5.41, 5.74) is 8.32. The second-order valence-corrected chi connectivity index (χ2v) is 10.6. The van der Waals surface area contributed by atoms with Gasteiger partial charge >= 0.3 is 5.97 Å². The number of fused-ring (bicyclic) bond motifs is 1. The molecular weight excluding hydrogens is 546 g/mol. The SMILES string of the molecule is CN(CC(C)(C(=O)N1CCCCC1)c1ccc2c(c1)nc(CNc1ccc(C(=N)N)cc1)n2C)C(=O)CC(=O)O.Cl. The molecule has 1 atom stereocenters. The van der Waals surface area contributed by atoms with E-state index in [4.69, 9.17) is 21.2 Å². The minimum Gasteiger partial charge on any atom is -0.481 e. The van der Waals surface area contributed by atoms with Gasteiger partial charge in [0.1, 0.15) is 18.1 Å². The van der Waals surface area contributed by atoms with Crippen LogP contribution in [0.15, 0.2) is 42.5 Å². The molecule has 2 amide bonds. The predicted octanol–water partition coefficient (Wildman–Crippen LogP) is 3.09. The fourth-order valence-corrected chi connectivity index (χ4v) is 5.25. The Morgan fingerprint density at radius 3 is 2.39 bits per heavy atom. The molecule has 0 radical (unpaired) electrons. The first-order chi connectivity index (χ1) is 19.0. The molecule has 220 valence electrons. The number of imidazole rings is 1. The molecule has 2 aromatic carbocycles. The molecule has 11 nitrogen and oxygen atoms in total. The molecule has 41 heavy (non-hydrogen) atoms. The maximum absolute atomic E-state index is 13.9. The number of hydrogen-bond donors (Lipinski definition) is 4. The van der Waals surface area contributed by atoms with E-state index in [1.54, 1.807) is 19.2 Å². The molecule has 1 fully saturated rings. The lowest BCUT2D eigenvalue weighted by atomic mass is 9.79. The highest BCUT2D eigenvalue weighted by atomic mass is 35.5. The number of carbonyl (C=O) groups is 3. The predicted molar refractivity (Wildman–Crippen MR) is 160 cm³/mol. The van der Waals surface area contributed by atoms with Crippen LogP contribution in [-0.4, -0.2) is 74.8 Å². The number of rotatable bonds is 10. The molecule has 3 aromatic rings. The van der Waals surface area contributed by atoms with Gasteiger partial charge in [0.2, 0.25) is 11.8 Å². The minimum absolute atomic E-state index is 0. The average molecular weight is 584 g/mol. The van der Waals surface area contributed by atoms with Crippen molar-refractivity contribution < 1.29 is 19.5 Å². The molecule has 0 bridgehead atoms. The normalized spacial score (nSPS) is 14.6. The van der Waals surface area contributed by atoms with Gasteiger partial charge in [0, 0.05) is 45.0 Å². The Kier molecular flexibility index (Phi) is 9.98. The quantitative estimate of drug-likeness (QED) is 0.162. The van der Waals surface area contributed by atoms with E-state index in [1.165, 1.54) is 4.90 Å². The molecule has 1 saturated heterocycles. The topological polar surface area (TPSA) is 158 Å². The summed E-state index contributed by atoms with van der Waals surface area (Å²) in [4.78, 5) is 45.7. The van der Waals surface area contributed by atoms with E-state index in [1.807, 2.05) is 53.8 Å². The first-order valence-corrected chi connectivity index (χ1v) is 13.4. The molecule has 1 aliphatic heterocycles. The number of likely N-dealkylation sites (N-methyl/N-ethyl adjacent to an activating group) is 1. The number of nitrogen functional groups attached to an aromatic ring is 1. The Labute approximate surface area is 245 Å². The first-order valence-electron chi connectivity index (χ1n) is 13.4. The van der Waals surface area contributed by atoms with Crippen LogP contribution in [-0.2, 0) is 33.4 Å². The fraction of sp³-hybridized carbons (Fsp3) is 0.414. The monoisotopic (exact) mass is 583 g/mol. The summed E-state index contributed by atoms with van der Waals surface area (Å²) < 4.78 is 1.99. The maximum Gasteiger partial charge on any atom is 0.312 e. The second-order valence-electron chi connectivity index (χ2n) is 10.6. The third kappa shape index (κ3) is 6.97. The summed E-state index contributed by atoms with van der Waals surface area (Å²) in [6.45, 7) is 3.66. The smallest absolute Gasteiger partial charge is 0.312 e. The highest BCUT2D eigenvalue weighted by Gasteiger charge is 2.41. The van der Waals surface area contributed by atoms with Gasteiger partial charge in [-0.3, -0.25) is 19.8 Å². The number of benzene rings is 2. The molecular formula is C29H38ClN7O4. The molecule has 4 rings (SSSR count). The number of amides is 2. The minimum atomic E-state index is -1.20. The third-order valence-corrected chi connectivity index (χ3v) is 7.65. The van der Waals surface area contributed by atoms with Gasteiger partial charge < -0.3 is 30.5 Å². The zero-order valence-corrected chi connectivity index (χ0v) is 24.5. The Balaban J connectivity index is 0.00000462. The number of aromatic nitrogens is 2. The van der Waals surface area contributed by atoms with Crippen LogP contribution in [0.1, 0.15) is 49.6 Å². The zero-order valence-electron chi connectivity index (χ0n) is 23.6. The number of carboxylic acid groups (broad SMARTS) is 1. The van der Waals surface area contributed by atoms with Crippen LogP contribution in [0.2, 0.25) is 0 Å². The number of piperidine rings is 1. The Hall–Kier alpha value is -4.12. The van der Waals surface area contributed by atoms with Crippen LogP contribution < -0.4 is 11.1 Å². The van der Waals surface area contributed by atoms with Crippen LogP contribution >= 0.6 is 12.4 Å². The number of aryl methyl sites for hydroxylation is 1. The molecule has 1 aromatic heterocycles. The van der Waals surface area contributed by atoms with E-state index in [2.05, 4.69) is 5.32 Å². The third-order valence-electron chi connectivity index (χ3n) is 7.65. The maximum atomic E-state index is 13.9. The van der Waals surface area contributed by atoms with Crippen LogP contribution in [0.3, 0.4) is 0 Å². The van der Waals surface area contributed by atoms with Crippen molar-refractivity contribution >= 4 is 52.7 Å². The summed E-state index contributed by atoms with van der Waals surface area (Å²) in [6, 6.07) is 13.0. The standard InChI is InChI=1S/C29H37N7O4.ClH/c1-29(18-34(2)25(37)16-26(38)39,28(40)36-13-5-4-6-14-36)20-9-12-23-22(15-20)33-24(35(23)3)17-32-21-10-7-19(8-11-21)27(30)31;/h7-12,15,32H,4-6,13-14,16-18H2,1-3H3,(H3,30,31)(H,38,39);1H. The molecule has 0 spiro atoms. The van der Waals surface area contributed by atoms with Gasteiger partial charge in [-0.1, -0.05) is 6.07 Å². The molecule has 0 saturated carbocycles. The summed E-state index contributed by atoms with van der Waals surface area (Å²) in [5, 5.41) is 20.0. The van der Waals surface area contributed by atoms with Crippen LogP contribution in [0.4, 0.5) is 5.69 Å². The molecule has 1 aliphatic rings. The van der Waals surface area contributed by atoms with E-state index >= 15 is 0 Å². The summed E-state index contributed by atoms with van der Waals surface area (Å²) in [7, 11) is 3.47. The lowest BCUT2D eigenvalue weighted by Gasteiger charge is -2.39. The van der Waals surface area contributed by atoms with Crippen LogP contribution in [0.25, 0.3) is 11.0 Å². The number of nitrogens with zero attached hydrogens (tertiary/aromatic N) is 4. The Morgan fingerprint density at radius 2 is 1.78 bits per heavy atom. The van der Waals surface area contributed by atoms with Crippen LogP contribution in [0, 0.1) is 5.41 Å². The number of likely N-dealkylation sites (tertiary alicyclic amines) is 1. The van der Waals surface area contributed by atoms with Gasteiger partial charge in [-0.05, 0) is 68.1 Å². The summed E-state index contributed by atoms with van der Waals surface area (Å²) >= 11 is 0. The number of halogens is 1. The lowest BCUT2D eigenvalue weighted by molar-refractivity contribution is -0.144. The Bertz CT molecular complexity index is 1430. The van der Waals surface area contributed by atoms with Crippen molar-refractivity contribution in [2.45, 2.75) is 44.6 Å². The van der Waals surface area contributed by atoms with E-state index in [-0.39, 0.29) is 30.7 Å². The van der Waals surface area contributed by atoms with Gasteiger partial charge in [0.05, 0.1) is 23.0 Å². The number of nitrogens with two attached hydrogens (primary N) is 1. The van der Waals surface area contributed by atoms with Gasteiger partial charge in [-0.25, -0.2) is 4.98 Å². The average Bonchev–Trinajstić information content (AvgIpc) is 3.26. The fourth-order valence-electron chi connectivity index (χ4n) is 5.25. The van der Waals surface area contributed by atoms with Gasteiger partial charge in [-0.15, -0.1) is 12.4 Å². The molecule has 12 heteroatoms. The van der Waals surface area contributed by atoms with Crippen molar-refractivity contribution in [3.05, 3.63) is 59.4 Å². The van der Waals surface area contributed by atoms with Gasteiger partial charge in [0.15, 0.2) is 0 Å². The van der Waals surface area contributed by atoms with Gasteiger partial charge in [-0.2, -0.15) is 0 Å². The number of anilines is 1. The number of aliphatic carboxylic acids is 1. The van der Waals surface area contributed by atoms with Crippen molar-refractivity contribution in [3.8, 4) is 0 Å². The molecule has 2 heterocycles. The van der Waals surface area contributed by atoms with Crippen molar-refractivity contribution in [2.24, 2.45) is 12.8 Å². The first kappa shape index (κ1) is 31.4. The largest absolute Gasteiger partial charge is 0.481 e. The zero-order chi connectivity index (χ0) is 29.0. The lowest BCUT2D eigenvalue weighted by Crippen LogP contribution is -2.53. The van der Waals surface area contributed by atoms with E-state index in [0.717, 1.165) is 47.4 Å². The molecule has 5 N–H and O–H groups in total. The second kappa shape index (κ2) is 13.0. The summed E-state index contributed by atoms with van der Waals surface area (Å²) in [6.07, 6.45) is 2.32. The van der Waals surface area contributed by atoms with E-state index in [9.17, 15) is 14.4 Å². The van der Waals surface area contributed by atoms with Crippen molar-refractivity contribution in [1.82, 2.24) is 19.4 Å². The summed E-state index contributed by atoms with van der Waals surface area (Å²) in [5.74, 6) is -1.02. The number of nitrogens with one attached hydrogen (secondary N) is 2. The number of carbonyl (C=O) groups excluding carboxylic acids is 2. The highest BCUT2D eigenvalue weighted by Crippen LogP contribution is 2.32.